The van der Waals surface area contributed by atoms with Gasteiger partial charge in [0.25, 0.3) is 11.6 Å². The molecule has 0 bridgehead atoms. The molecule has 1 aliphatic carbocycles. The molecule has 1 aliphatic heterocycles. The van der Waals surface area contributed by atoms with Crippen molar-refractivity contribution >= 4 is 23.2 Å². The maximum atomic E-state index is 13.3. The van der Waals surface area contributed by atoms with Crippen LogP contribution in [-0.2, 0) is 11.3 Å². The fraction of sp³-hybridized carbons (Fsp3) is 0.391. The Labute approximate surface area is 181 Å². The van der Waals surface area contributed by atoms with Gasteiger partial charge in [-0.05, 0) is 30.5 Å². The van der Waals surface area contributed by atoms with E-state index in [-0.39, 0.29) is 23.5 Å². The Kier molecular flexibility index (Phi) is 5.88. The molecule has 0 atom stereocenters. The number of piperazine rings is 1. The molecule has 0 aromatic heterocycles. The van der Waals surface area contributed by atoms with E-state index in [2.05, 4.69) is 0 Å². The largest absolute Gasteiger partial charge is 0.362 e. The second-order valence-electron chi connectivity index (χ2n) is 8.10. The first kappa shape index (κ1) is 20.8. The number of hydrogen-bond donors (Lipinski definition) is 0. The lowest BCUT2D eigenvalue weighted by Crippen LogP contribution is -2.48. The van der Waals surface area contributed by atoms with Gasteiger partial charge in [-0.3, -0.25) is 19.7 Å². The number of nitro benzene ring substituents is 1. The molecule has 1 heterocycles. The van der Waals surface area contributed by atoms with Crippen LogP contribution < -0.4 is 4.90 Å². The minimum atomic E-state index is -0.428. The van der Waals surface area contributed by atoms with Crippen LogP contribution in [-0.4, -0.2) is 58.8 Å². The number of amides is 2. The van der Waals surface area contributed by atoms with Crippen molar-refractivity contribution in [1.29, 1.82) is 0 Å². The van der Waals surface area contributed by atoms with Gasteiger partial charge in [0, 0.05) is 57.3 Å². The second-order valence-corrected chi connectivity index (χ2v) is 8.10. The lowest BCUT2D eigenvalue weighted by molar-refractivity contribution is -0.384. The summed E-state index contributed by atoms with van der Waals surface area (Å²) in [7, 11) is 0. The summed E-state index contributed by atoms with van der Waals surface area (Å²) in [5, 5.41) is 11.8. The first-order valence-corrected chi connectivity index (χ1v) is 10.6. The SMILES string of the molecule is CC(=O)N1CCN(c2ccc(C(=O)N(Cc3ccccc3)C3CC3)cc2[N+](=O)[O-])CC1. The molecule has 2 aromatic carbocycles. The summed E-state index contributed by atoms with van der Waals surface area (Å²) in [6.45, 7) is 4.12. The summed E-state index contributed by atoms with van der Waals surface area (Å²) < 4.78 is 0. The van der Waals surface area contributed by atoms with Gasteiger partial charge in [-0.1, -0.05) is 30.3 Å². The first-order chi connectivity index (χ1) is 14.9. The molecule has 0 radical (unpaired) electrons. The molecule has 2 aromatic rings. The van der Waals surface area contributed by atoms with Crippen molar-refractivity contribution in [2.24, 2.45) is 0 Å². The molecule has 162 valence electrons. The van der Waals surface area contributed by atoms with Crippen molar-refractivity contribution in [1.82, 2.24) is 9.80 Å². The molecule has 2 aliphatic rings. The molecule has 1 saturated carbocycles. The quantitative estimate of drug-likeness (QED) is 0.527. The highest BCUT2D eigenvalue weighted by atomic mass is 16.6. The Bertz CT molecular complexity index is 982. The van der Waals surface area contributed by atoms with Crippen molar-refractivity contribution in [2.75, 3.05) is 31.1 Å². The van der Waals surface area contributed by atoms with Crippen LogP contribution in [0.1, 0.15) is 35.7 Å². The van der Waals surface area contributed by atoms with Crippen molar-refractivity contribution in [2.45, 2.75) is 32.4 Å². The third-order valence-corrected chi connectivity index (χ3v) is 5.93. The van der Waals surface area contributed by atoms with Crippen LogP contribution in [0.5, 0.6) is 0 Å². The van der Waals surface area contributed by atoms with E-state index in [9.17, 15) is 19.7 Å². The van der Waals surface area contributed by atoms with Gasteiger partial charge in [-0.2, -0.15) is 0 Å². The zero-order valence-electron chi connectivity index (χ0n) is 17.6. The Balaban J connectivity index is 1.56. The van der Waals surface area contributed by atoms with E-state index in [1.54, 1.807) is 17.0 Å². The monoisotopic (exact) mass is 422 g/mol. The Hall–Kier alpha value is -3.42. The maximum Gasteiger partial charge on any atom is 0.293 e. The predicted molar refractivity (Wildman–Crippen MR) is 117 cm³/mol. The topological polar surface area (TPSA) is 87.0 Å². The van der Waals surface area contributed by atoms with Gasteiger partial charge >= 0.3 is 0 Å². The van der Waals surface area contributed by atoms with Gasteiger partial charge in [0.15, 0.2) is 0 Å². The molecule has 0 spiro atoms. The van der Waals surface area contributed by atoms with E-state index in [0.717, 1.165) is 18.4 Å². The third-order valence-electron chi connectivity index (χ3n) is 5.93. The average molecular weight is 422 g/mol. The molecular formula is C23H26N4O4. The highest BCUT2D eigenvalue weighted by Crippen LogP contribution is 2.33. The van der Waals surface area contributed by atoms with Gasteiger partial charge in [-0.15, -0.1) is 0 Å². The standard InChI is InChI=1S/C23H26N4O4/c1-17(28)24-11-13-25(14-12-24)21-10-7-19(15-22(21)27(30)31)23(29)26(20-8-9-20)16-18-5-3-2-4-6-18/h2-7,10,15,20H,8-9,11-14,16H2,1H3. The van der Waals surface area contributed by atoms with E-state index in [4.69, 9.17) is 0 Å². The minimum Gasteiger partial charge on any atom is -0.362 e. The third kappa shape index (κ3) is 4.68. The van der Waals surface area contributed by atoms with Gasteiger partial charge in [-0.25, -0.2) is 0 Å². The number of hydrogen-bond acceptors (Lipinski definition) is 5. The molecule has 8 heteroatoms. The number of carbonyl (C=O) groups is 2. The number of rotatable bonds is 6. The van der Waals surface area contributed by atoms with Gasteiger partial charge in [0.05, 0.1) is 4.92 Å². The van der Waals surface area contributed by atoms with E-state index in [1.807, 2.05) is 40.1 Å². The van der Waals surface area contributed by atoms with Gasteiger partial charge in [0.1, 0.15) is 5.69 Å². The first-order valence-electron chi connectivity index (χ1n) is 10.6. The number of benzene rings is 2. The zero-order chi connectivity index (χ0) is 22.0. The van der Waals surface area contributed by atoms with Crippen molar-refractivity contribution in [3.8, 4) is 0 Å². The Morgan fingerprint density at radius 2 is 1.74 bits per heavy atom. The van der Waals surface area contributed by atoms with Crippen LogP contribution in [0, 0.1) is 10.1 Å². The lowest BCUT2D eigenvalue weighted by Gasteiger charge is -2.35. The van der Waals surface area contributed by atoms with Gasteiger partial charge in [0.2, 0.25) is 5.91 Å². The molecular weight excluding hydrogens is 396 g/mol. The van der Waals surface area contributed by atoms with Crippen molar-refractivity contribution in [3.63, 3.8) is 0 Å². The summed E-state index contributed by atoms with van der Waals surface area (Å²) in [6.07, 6.45) is 1.92. The summed E-state index contributed by atoms with van der Waals surface area (Å²) >= 11 is 0. The fourth-order valence-corrected chi connectivity index (χ4v) is 4.03. The molecule has 4 rings (SSSR count). The van der Waals surface area contributed by atoms with Crippen LogP contribution in [0.25, 0.3) is 0 Å². The molecule has 2 amide bonds. The van der Waals surface area contributed by atoms with Gasteiger partial charge < -0.3 is 14.7 Å². The minimum absolute atomic E-state index is 0.00803. The second kappa shape index (κ2) is 8.75. The lowest BCUT2D eigenvalue weighted by atomic mass is 10.1. The van der Waals surface area contributed by atoms with E-state index in [1.165, 1.54) is 13.0 Å². The molecule has 0 N–H and O–H groups in total. The van der Waals surface area contributed by atoms with Crippen LogP contribution >= 0.6 is 0 Å². The molecule has 1 saturated heterocycles. The maximum absolute atomic E-state index is 13.3. The highest BCUT2D eigenvalue weighted by Gasteiger charge is 2.34. The zero-order valence-corrected chi connectivity index (χ0v) is 17.6. The summed E-state index contributed by atoms with van der Waals surface area (Å²) in [5.74, 6) is -0.170. The molecule has 8 nitrogen and oxygen atoms in total. The van der Waals surface area contributed by atoms with E-state index in [0.29, 0.717) is 44.0 Å². The van der Waals surface area contributed by atoms with Crippen molar-refractivity contribution in [3.05, 3.63) is 69.8 Å². The van der Waals surface area contributed by atoms with Crippen LogP contribution in [0.3, 0.4) is 0 Å². The van der Waals surface area contributed by atoms with Crippen LogP contribution in [0.4, 0.5) is 11.4 Å². The smallest absolute Gasteiger partial charge is 0.293 e. The molecule has 31 heavy (non-hydrogen) atoms. The van der Waals surface area contributed by atoms with Crippen molar-refractivity contribution < 1.29 is 14.5 Å². The number of carbonyl (C=O) groups excluding carboxylic acids is 2. The predicted octanol–water partition coefficient (Wildman–Crippen LogP) is 3.07. The Morgan fingerprint density at radius 3 is 2.32 bits per heavy atom. The number of anilines is 1. The molecule has 0 unspecified atom stereocenters. The Morgan fingerprint density at radius 1 is 1.06 bits per heavy atom. The highest BCUT2D eigenvalue weighted by molar-refractivity contribution is 5.96. The fourth-order valence-electron chi connectivity index (χ4n) is 4.03. The number of nitro groups is 1. The normalized spacial score (nSPS) is 16.2. The number of nitrogens with zero attached hydrogens (tertiary/aromatic N) is 4. The van der Waals surface area contributed by atoms with E-state index < -0.39 is 4.92 Å². The summed E-state index contributed by atoms with van der Waals surface area (Å²) in [4.78, 5) is 41.6. The van der Waals surface area contributed by atoms with Crippen LogP contribution in [0.15, 0.2) is 48.5 Å². The average Bonchev–Trinajstić information content (AvgIpc) is 3.62. The summed E-state index contributed by atoms with van der Waals surface area (Å²) in [6, 6.07) is 14.7. The van der Waals surface area contributed by atoms with E-state index >= 15 is 0 Å². The summed E-state index contributed by atoms with van der Waals surface area (Å²) in [5.41, 5.74) is 1.79. The van der Waals surface area contributed by atoms with Crippen LogP contribution in [0.2, 0.25) is 0 Å². The molecule has 2 fully saturated rings.